The first-order valence-corrected chi connectivity index (χ1v) is 6.87. The number of hydrogen-bond donors (Lipinski definition) is 0. The fourth-order valence-corrected chi connectivity index (χ4v) is 2.86. The van der Waals surface area contributed by atoms with Gasteiger partial charge in [-0.3, -0.25) is 4.90 Å². The largest absolute Gasteiger partial charge is 0.337 e. The normalized spacial score (nSPS) is 20.2. The molecule has 0 spiro atoms. The van der Waals surface area contributed by atoms with Crippen molar-refractivity contribution >= 4 is 11.5 Å². The molecule has 1 atom stereocenters. The minimum Gasteiger partial charge on any atom is -0.337 e. The molecule has 19 heavy (non-hydrogen) atoms. The number of aryl methyl sites for hydroxylation is 1. The van der Waals surface area contributed by atoms with Gasteiger partial charge >= 0.3 is 0 Å². The highest BCUT2D eigenvalue weighted by molar-refractivity contribution is 5.65. The van der Waals surface area contributed by atoms with Crippen LogP contribution in [0.4, 0.5) is 11.5 Å². The SMILES string of the molecule is C[C@H]1N(C)CCc2ccccc2N1c1cccn1C. The van der Waals surface area contributed by atoms with E-state index in [1.807, 2.05) is 0 Å². The minimum absolute atomic E-state index is 0.359. The summed E-state index contributed by atoms with van der Waals surface area (Å²) in [5.41, 5.74) is 2.76. The zero-order chi connectivity index (χ0) is 13.4. The van der Waals surface area contributed by atoms with Crippen LogP contribution in [0.5, 0.6) is 0 Å². The number of aromatic nitrogens is 1. The van der Waals surface area contributed by atoms with Gasteiger partial charge in [0.1, 0.15) is 5.82 Å². The Hall–Kier alpha value is -1.74. The van der Waals surface area contributed by atoms with Crippen LogP contribution in [0.2, 0.25) is 0 Å². The summed E-state index contributed by atoms with van der Waals surface area (Å²) in [4.78, 5) is 4.84. The van der Waals surface area contributed by atoms with E-state index < -0.39 is 0 Å². The molecule has 2 heterocycles. The van der Waals surface area contributed by atoms with Gasteiger partial charge in [0.05, 0.1) is 6.17 Å². The Morgan fingerprint density at radius 2 is 1.84 bits per heavy atom. The Bertz CT molecular complexity index is 573. The first kappa shape index (κ1) is 12.3. The molecule has 1 aliphatic heterocycles. The average molecular weight is 255 g/mol. The molecule has 0 radical (unpaired) electrons. The van der Waals surface area contributed by atoms with Gasteiger partial charge < -0.3 is 9.47 Å². The lowest BCUT2D eigenvalue weighted by atomic mass is 10.1. The van der Waals surface area contributed by atoms with Gasteiger partial charge in [-0.1, -0.05) is 18.2 Å². The summed E-state index contributed by atoms with van der Waals surface area (Å²) in [6, 6.07) is 13.0. The number of anilines is 2. The molecule has 0 N–H and O–H groups in total. The van der Waals surface area contributed by atoms with E-state index in [2.05, 4.69) is 78.0 Å². The zero-order valence-corrected chi connectivity index (χ0v) is 11.9. The van der Waals surface area contributed by atoms with Crippen molar-refractivity contribution in [2.24, 2.45) is 7.05 Å². The molecular weight excluding hydrogens is 234 g/mol. The molecule has 3 heteroatoms. The van der Waals surface area contributed by atoms with Crippen molar-refractivity contribution in [3.63, 3.8) is 0 Å². The van der Waals surface area contributed by atoms with Gasteiger partial charge in [-0.15, -0.1) is 0 Å². The molecule has 1 aromatic heterocycles. The molecule has 1 aliphatic rings. The van der Waals surface area contributed by atoms with E-state index in [-0.39, 0.29) is 0 Å². The summed E-state index contributed by atoms with van der Waals surface area (Å²) in [6.45, 7) is 3.37. The third-order valence-corrected chi connectivity index (χ3v) is 4.16. The maximum Gasteiger partial charge on any atom is 0.114 e. The smallest absolute Gasteiger partial charge is 0.114 e. The predicted molar refractivity (Wildman–Crippen MR) is 79.8 cm³/mol. The van der Waals surface area contributed by atoms with Crippen LogP contribution < -0.4 is 4.90 Å². The number of para-hydroxylation sites is 1. The predicted octanol–water partition coefficient (Wildman–Crippen LogP) is 3.00. The zero-order valence-electron chi connectivity index (χ0n) is 11.9. The molecule has 0 aliphatic carbocycles. The summed E-state index contributed by atoms with van der Waals surface area (Å²) in [5, 5.41) is 0. The lowest BCUT2D eigenvalue weighted by Crippen LogP contribution is -2.41. The Kier molecular flexibility index (Phi) is 3.07. The third kappa shape index (κ3) is 2.04. The summed E-state index contributed by atoms with van der Waals surface area (Å²) in [5.74, 6) is 1.24. The first-order valence-electron chi connectivity index (χ1n) is 6.87. The van der Waals surface area contributed by atoms with E-state index in [0.29, 0.717) is 6.17 Å². The van der Waals surface area contributed by atoms with E-state index in [1.54, 1.807) is 0 Å². The van der Waals surface area contributed by atoms with Gasteiger partial charge in [-0.2, -0.15) is 0 Å². The molecule has 2 aromatic rings. The maximum atomic E-state index is 2.43. The number of rotatable bonds is 1. The van der Waals surface area contributed by atoms with E-state index in [1.165, 1.54) is 17.1 Å². The van der Waals surface area contributed by atoms with E-state index in [0.717, 1.165) is 13.0 Å². The van der Waals surface area contributed by atoms with Crippen LogP contribution in [0, 0.1) is 0 Å². The molecule has 1 aromatic carbocycles. The highest BCUT2D eigenvalue weighted by Gasteiger charge is 2.26. The number of likely N-dealkylation sites (N-methyl/N-ethyl adjacent to an activating group) is 1. The summed E-state index contributed by atoms with van der Waals surface area (Å²) in [7, 11) is 4.31. The summed E-state index contributed by atoms with van der Waals surface area (Å²) >= 11 is 0. The van der Waals surface area contributed by atoms with Crippen LogP contribution in [-0.4, -0.2) is 29.2 Å². The fourth-order valence-electron chi connectivity index (χ4n) is 2.86. The topological polar surface area (TPSA) is 11.4 Å². The second-order valence-corrected chi connectivity index (χ2v) is 5.34. The van der Waals surface area contributed by atoms with Crippen molar-refractivity contribution in [1.29, 1.82) is 0 Å². The number of benzene rings is 1. The maximum absolute atomic E-state index is 2.43. The Labute approximate surface area is 115 Å². The van der Waals surface area contributed by atoms with Gasteiger partial charge in [-0.05, 0) is 44.2 Å². The molecule has 100 valence electrons. The number of hydrogen-bond acceptors (Lipinski definition) is 2. The Balaban J connectivity index is 2.15. The molecular formula is C16H21N3. The van der Waals surface area contributed by atoms with Gasteiger partial charge in [-0.25, -0.2) is 0 Å². The van der Waals surface area contributed by atoms with Crippen LogP contribution in [-0.2, 0) is 13.5 Å². The molecule has 0 bridgehead atoms. The lowest BCUT2D eigenvalue weighted by molar-refractivity contribution is 0.270. The molecule has 0 amide bonds. The summed E-state index contributed by atoms with van der Waals surface area (Å²) < 4.78 is 2.19. The van der Waals surface area contributed by atoms with Crippen molar-refractivity contribution in [3.8, 4) is 0 Å². The highest BCUT2D eigenvalue weighted by atomic mass is 15.4. The van der Waals surface area contributed by atoms with Crippen molar-refractivity contribution < 1.29 is 0 Å². The van der Waals surface area contributed by atoms with Crippen molar-refractivity contribution in [1.82, 2.24) is 9.47 Å². The van der Waals surface area contributed by atoms with E-state index >= 15 is 0 Å². The average Bonchev–Trinajstić information content (AvgIpc) is 2.78. The van der Waals surface area contributed by atoms with Crippen molar-refractivity contribution in [3.05, 3.63) is 48.2 Å². The monoisotopic (exact) mass is 255 g/mol. The molecule has 3 rings (SSSR count). The number of nitrogens with zero attached hydrogens (tertiary/aromatic N) is 3. The van der Waals surface area contributed by atoms with Crippen LogP contribution >= 0.6 is 0 Å². The van der Waals surface area contributed by atoms with Gasteiger partial charge in [0, 0.05) is 25.5 Å². The minimum atomic E-state index is 0.359. The van der Waals surface area contributed by atoms with Crippen molar-refractivity contribution in [2.45, 2.75) is 19.5 Å². The fraction of sp³-hybridized carbons (Fsp3) is 0.375. The Morgan fingerprint density at radius 3 is 2.58 bits per heavy atom. The quantitative estimate of drug-likeness (QED) is 0.776. The first-order chi connectivity index (χ1) is 9.18. The molecule has 3 nitrogen and oxygen atoms in total. The second-order valence-electron chi connectivity index (χ2n) is 5.34. The standard InChI is InChI=1S/C16H21N3/c1-13-17(2)12-10-14-7-4-5-8-15(14)19(13)16-9-6-11-18(16)3/h4-9,11,13H,10,12H2,1-3H3/t13-/m0/s1. The van der Waals surface area contributed by atoms with Crippen LogP contribution in [0.15, 0.2) is 42.6 Å². The number of fused-ring (bicyclic) bond motifs is 1. The lowest BCUT2D eigenvalue weighted by Gasteiger charge is -2.35. The van der Waals surface area contributed by atoms with E-state index in [9.17, 15) is 0 Å². The Morgan fingerprint density at radius 1 is 1.05 bits per heavy atom. The van der Waals surface area contributed by atoms with Crippen LogP contribution in [0.3, 0.4) is 0 Å². The van der Waals surface area contributed by atoms with Crippen molar-refractivity contribution in [2.75, 3.05) is 18.5 Å². The molecule has 0 fully saturated rings. The van der Waals surface area contributed by atoms with Gasteiger partial charge in [0.25, 0.3) is 0 Å². The molecule has 0 saturated carbocycles. The third-order valence-electron chi connectivity index (χ3n) is 4.16. The second kappa shape index (κ2) is 4.74. The van der Waals surface area contributed by atoms with Gasteiger partial charge in [0.15, 0.2) is 0 Å². The van der Waals surface area contributed by atoms with Crippen LogP contribution in [0.25, 0.3) is 0 Å². The summed E-state index contributed by atoms with van der Waals surface area (Å²) in [6.07, 6.45) is 3.57. The molecule has 0 saturated heterocycles. The molecule has 0 unspecified atom stereocenters. The van der Waals surface area contributed by atoms with Gasteiger partial charge in [0.2, 0.25) is 0 Å². The van der Waals surface area contributed by atoms with E-state index in [4.69, 9.17) is 0 Å². The van der Waals surface area contributed by atoms with Crippen LogP contribution in [0.1, 0.15) is 12.5 Å². The highest BCUT2D eigenvalue weighted by Crippen LogP contribution is 2.34.